The van der Waals surface area contributed by atoms with Crippen LogP contribution in [0.25, 0.3) is 0 Å². The van der Waals surface area contributed by atoms with Crippen LogP contribution in [0.15, 0.2) is 0 Å². The van der Waals surface area contributed by atoms with Gasteiger partial charge in [0.1, 0.15) is 24.9 Å². The Bertz CT molecular complexity index is 327. The van der Waals surface area contributed by atoms with Crippen molar-refractivity contribution >= 4 is 11.7 Å². The van der Waals surface area contributed by atoms with Crippen LogP contribution in [0.2, 0.25) is 0 Å². The van der Waals surface area contributed by atoms with E-state index in [0.29, 0.717) is 12.8 Å². The standard InChI is InChI=1S/C12H23N2O7/c13-4-2-1-3-5-14-12(21)11(20)10(19)9(18)8(17)7(16)6-15/h8-11,13,15,17-20H,1-6H2,(H,14,21)/t8-,9-,10-,11-/m0/s1. The van der Waals surface area contributed by atoms with Crippen molar-refractivity contribution in [2.45, 2.75) is 43.7 Å². The van der Waals surface area contributed by atoms with Gasteiger partial charge in [-0.1, -0.05) is 6.42 Å². The number of Topliss-reactive ketones (excluding diaryl/α,β-unsaturated/α-hetero) is 1. The van der Waals surface area contributed by atoms with Gasteiger partial charge in [0.15, 0.2) is 11.9 Å². The van der Waals surface area contributed by atoms with Crippen LogP contribution in [0.4, 0.5) is 0 Å². The van der Waals surface area contributed by atoms with Crippen molar-refractivity contribution in [3.05, 3.63) is 0 Å². The summed E-state index contributed by atoms with van der Waals surface area (Å²) < 4.78 is 0. The van der Waals surface area contributed by atoms with Crippen molar-refractivity contribution in [2.75, 3.05) is 19.7 Å². The number of amides is 1. The number of hydrogen-bond acceptors (Lipinski definition) is 7. The Morgan fingerprint density at radius 3 is 2.05 bits per heavy atom. The summed E-state index contributed by atoms with van der Waals surface area (Å²) in [5.41, 5.74) is 6.93. The lowest BCUT2D eigenvalue weighted by atomic mass is 10.00. The predicted octanol–water partition coefficient (Wildman–Crippen LogP) is -3.44. The third kappa shape index (κ3) is 6.93. The van der Waals surface area contributed by atoms with E-state index in [9.17, 15) is 30.0 Å². The first kappa shape index (κ1) is 19.9. The summed E-state index contributed by atoms with van der Waals surface area (Å²) in [6.07, 6.45) is -6.25. The summed E-state index contributed by atoms with van der Waals surface area (Å²) >= 11 is 0. The number of ketones is 1. The molecule has 0 heterocycles. The van der Waals surface area contributed by atoms with Gasteiger partial charge in [-0.2, -0.15) is 0 Å². The molecular weight excluding hydrogens is 284 g/mol. The molecule has 1 radical (unpaired) electrons. The largest absolute Gasteiger partial charge is 0.388 e. The fraction of sp³-hybridized carbons (Fsp3) is 0.833. The number of aliphatic hydroxyl groups is 5. The van der Waals surface area contributed by atoms with E-state index in [0.717, 1.165) is 6.42 Å². The minimum atomic E-state index is -2.09. The van der Waals surface area contributed by atoms with E-state index in [-0.39, 0.29) is 13.1 Å². The zero-order valence-corrected chi connectivity index (χ0v) is 11.6. The maximum absolute atomic E-state index is 11.5. The topological polar surface area (TPSA) is 171 Å². The molecule has 21 heavy (non-hydrogen) atoms. The van der Waals surface area contributed by atoms with Crippen molar-refractivity contribution in [2.24, 2.45) is 0 Å². The van der Waals surface area contributed by atoms with Crippen molar-refractivity contribution in [3.8, 4) is 0 Å². The zero-order chi connectivity index (χ0) is 16.4. The highest BCUT2D eigenvalue weighted by Gasteiger charge is 2.36. The first-order valence-electron chi connectivity index (χ1n) is 6.65. The molecule has 0 rings (SSSR count). The Morgan fingerprint density at radius 2 is 1.52 bits per heavy atom. The van der Waals surface area contributed by atoms with E-state index in [1.54, 1.807) is 0 Å². The van der Waals surface area contributed by atoms with Crippen molar-refractivity contribution < 1.29 is 35.1 Å². The third-order valence-corrected chi connectivity index (χ3v) is 2.90. The Kier molecular flexibility index (Phi) is 10.0. The highest BCUT2D eigenvalue weighted by atomic mass is 16.4. The minimum absolute atomic E-state index is 0.233. The molecule has 0 unspecified atom stereocenters. The summed E-state index contributed by atoms with van der Waals surface area (Å²) in [4.78, 5) is 22.5. The van der Waals surface area contributed by atoms with E-state index in [1.807, 2.05) is 0 Å². The van der Waals surface area contributed by atoms with E-state index in [2.05, 4.69) is 5.32 Å². The second-order valence-corrected chi connectivity index (χ2v) is 4.60. The molecule has 0 aromatic rings. The lowest BCUT2D eigenvalue weighted by Crippen LogP contribution is -2.53. The van der Waals surface area contributed by atoms with Gasteiger partial charge in [-0.05, 0) is 12.8 Å². The van der Waals surface area contributed by atoms with E-state index < -0.39 is 42.7 Å². The summed E-state index contributed by atoms with van der Waals surface area (Å²) in [5.74, 6) is -2.08. The van der Waals surface area contributed by atoms with Crippen LogP contribution in [0.5, 0.6) is 0 Å². The highest BCUT2D eigenvalue weighted by Crippen LogP contribution is 2.06. The van der Waals surface area contributed by atoms with Gasteiger partial charge < -0.3 is 30.8 Å². The molecule has 0 fully saturated rings. The molecule has 1 amide bonds. The number of unbranched alkanes of at least 4 members (excludes halogenated alkanes) is 2. The van der Waals surface area contributed by atoms with Crippen LogP contribution in [-0.2, 0) is 9.59 Å². The first-order valence-corrected chi connectivity index (χ1v) is 6.65. The number of hydrogen-bond donors (Lipinski definition) is 6. The van der Waals surface area contributed by atoms with E-state index in [1.165, 1.54) is 0 Å². The number of carbonyl (C=O) groups excluding carboxylic acids is 2. The average molecular weight is 307 g/mol. The lowest BCUT2D eigenvalue weighted by Gasteiger charge is -2.24. The molecule has 4 atom stereocenters. The smallest absolute Gasteiger partial charge is 0.251 e. The molecule has 0 saturated carbocycles. The molecule has 0 aliphatic carbocycles. The lowest BCUT2D eigenvalue weighted by molar-refractivity contribution is -0.155. The summed E-state index contributed by atoms with van der Waals surface area (Å²) in [7, 11) is 0. The molecule has 7 N–H and O–H groups in total. The van der Waals surface area contributed by atoms with Gasteiger partial charge in [0, 0.05) is 13.1 Å². The van der Waals surface area contributed by atoms with Crippen molar-refractivity contribution in [1.29, 1.82) is 0 Å². The monoisotopic (exact) mass is 307 g/mol. The van der Waals surface area contributed by atoms with Gasteiger partial charge in [-0.25, -0.2) is 0 Å². The van der Waals surface area contributed by atoms with Crippen LogP contribution >= 0.6 is 0 Å². The van der Waals surface area contributed by atoms with E-state index in [4.69, 9.17) is 10.8 Å². The molecule has 9 nitrogen and oxygen atoms in total. The van der Waals surface area contributed by atoms with Gasteiger partial charge in [-0.15, -0.1) is 0 Å². The van der Waals surface area contributed by atoms with Crippen LogP contribution < -0.4 is 11.1 Å². The van der Waals surface area contributed by atoms with Crippen LogP contribution in [-0.4, -0.2) is 81.3 Å². The number of carbonyl (C=O) groups is 2. The van der Waals surface area contributed by atoms with E-state index >= 15 is 0 Å². The molecule has 0 bridgehead atoms. The number of rotatable bonds is 11. The SMILES string of the molecule is [NH]CCCCCNC(=O)[C@@H](O)[C@@H](O)[C@@H](O)[C@@H](O)C(=O)CO. The Morgan fingerprint density at radius 1 is 0.952 bits per heavy atom. The maximum Gasteiger partial charge on any atom is 0.251 e. The van der Waals surface area contributed by atoms with Crippen LogP contribution in [0.3, 0.4) is 0 Å². The molecule has 0 aliphatic rings. The third-order valence-electron chi connectivity index (χ3n) is 2.90. The second-order valence-electron chi connectivity index (χ2n) is 4.60. The molecule has 0 aromatic carbocycles. The second kappa shape index (κ2) is 10.6. The Labute approximate surface area is 122 Å². The fourth-order valence-electron chi connectivity index (χ4n) is 1.56. The average Bonchev–Trinajstić information content (AvgIpc) is 2.50. The normalized spacial score (nSPS) is 16.9. The number of aliphatic hydroxyl groups excluding tert-OH is 5. The van der Waals surface area contributed by atoms with Gasteiger partial charge in [0.05, 0.1) is 0 Å². The predicted molar refractivity (Wildman–Crippen MR) is 70.9 cm³/mol. The molecule has 123 valence electrons. The van der Waals surface area contributed by atoms with Crippen LogP contribution in [0, 0.1) is 0 Å². The molecular formula is C12H23N2O7. The Hall–Kier alpha value is -1.10. The molecule has 0 aromatic heterocycles. The molecule has 0 saturated heterocycles. The van der Waals surface area contributed by atoms with Gasteiger partial charge in [0.25, 0.3) is 5.91 Å². The van der Waals surface area contributed by atoms with Crippen LogP contribution in [0.1, 0.15) is 19.3 Å². The summed E-state index contributed by atoms with van der Waals surface area (Å²) in [6, 6.07) is 0. The minimum Gasteiger partial charge on any atom is -0.388 e. The van der Waals surface area contributed by atoms with Gasteiger partial charge in [-0.3, -0.25) is 15.3 Å². The molecule has 9 heteroatoms. The molecule has 0 spiro atoms. The van der Waals surface area contributed by atoms with Crippen molar-refractivity contribution in [3.63, 3.8) is 0 Å². The quantitative estimate of drug-likeness (QED) is 0.215. The number of nitrogens with one attached hydrogen (secondary N) is 2. The molecule has 0 aliphatic heterocycles. The maximum atomic E-state index is 11.5. The Balaban J connectivity index is 4.25. The summed E-state index contributed by atoms with van der Waals surface area (Å²) in [5, 5.41) is 48.6. The van der Waals surface area contributed by atoms with Gasteiger partial charge in [0.2, 0.25) is 0 Å². The zero-order valence-electron chi connectivity index (χ0n) is 11.6. The van der Waals surface area contributed by atoms with Crippen molar-refractivity contribution in [1.82, 2.24) is 11.1 Å². The summed E-state index contributed by atoms with van der Waals surface area (Å²) in [6.45, 7) is -0.516. The van der Waals surface area contributed by atoms with Gasteiger partial charge >= 0.3 is 0 Å². The fourth-order valence-corrected chi connectivity index (χ4v) is 1.56. The highest BCUT2D eigenvalue weighted by molar-refractivity contribution is 5.85. The first-order chi connectivity index (χ1) is 9.86.